The topological polar surface area (TPSA) is 76.6 Å². The molecule has 0 radical (unpaired) electrons. The first kappa shape index (κ1) is 39.3. The fourth-order valence-electron chi connectivity index (χ4n) is 7.44. The average molecular weight is 819 g/mol. The molecule has 0 saturated carbocycles. The molecule has 0 amide bonds. The van der Waals surface area contributed by atoms with E-state index in [2.05, 4.69) is 120 Å². The summed E-state index contributed by atoms with van der Waals surface area (Å²) in [5, 5.41) is 1.64. The van der Waals surface area contributed by atoms with E-state index in [9.17, 15) is 13.0 Å². The van der Waals surface area contributed by atoms with Crippen LogP contribution < -0.4 is 14.8 Å². The molecular weight excluding hydrogens is 777 g/mol. The van der Waals surface area contributed by atoms with Gasteiger partial charge in [-0.15, -0.1) is 23.5 Å². The first-order valence-electron chi connectivity index (χ1n) is 19.2. The molecule has 0 atom stereocenters. The number of benzene rings is 7. The third-order valence-corrected chi connectivity index (χ3v) is 13.1. The molecule has 0 N–H and O–H groups in total. The van der Waals surface area contributed by atoms with Gasteiger partial charge in [-0.25, -0.2) is 8.42 Å². The minimum absolute atomic E-state index is 0.268. The van der Waals surface area contributed by atoms with Gasteiger partial charge in [0.05, 0.1) is 16.7 Å². The molecule has 0 unspecified atom stereocenters. The molecule has 0 saturated heterocycles. The summed E-state index contributed by atoms with van der Waals surface area (Å²) >= 11 is 3.61. The molecule has 2 aliphatic rings. The Labute approximate surface area is 348 Å². The van der Waals surface area contributed by atoms with E-state index < -0.39 is 10.1 Å². The fraction of sp³-hybridized carbons (Fsp3) is 0.122. The Kier molecular flexibility index (Phi) is 11.8. The van der Waals surface area contributed by atoms with Crippen molar-refractivity contribution in [2.75, 3.05) is 29.5 Å². The lowest BCUT2D eigenvalue weighted by Crippen LogP contribution is -2.28. The molecule has 6 aromatic rings. The molecule has 58 heavy (non-hydrogen) atoms. The lowest BCUT2D eigenvalue weighted by atomic mass is 9.93. The van der Waals surface area contributed by atoms with Crippen LogP contribution in [0, 0.1) is 13.8 Å². The van der Waals surface area contributed by atoms with Crippen LogP contribution in [0.3, 0.4) is 0 Å². The van der Waals surface area contributed by atoms with Gasteiger partial charge in [-0.3, -0.25) is 0 Å². The van der Waals surface area contributed by atoms with E-state index in [-0.39, 0.29) is 4.90 Å². The molecule has 6 aromatic carbocycles. The van der Waals surface area contributed by atoms with Crippen LogP contribution in [0.1, 0.15) is 11.1 Å². The molecule has 0 fully saturated rings. The van der Waals surface area contributed by atoms with Crippen LogP contribution in [0.2, 0.25) is 0 Å². The fourth-order valence-corrected chi connectivity index (χ4v) is 9.84. The lowest BCUT2D eigenvalue weighted by Gasteiger charge is -2.27. The Morgan fingerprint density at radius 3 is 1.98 bits per heavy atom. The van der Waals surface area contributed by atoms with Crippen LogP contribution in [-0.2, 0) is 10.1 Å². The van der Waals surface area contributed by atoms with Gasteiger partial charge < -0.3 is 13.9 Å². The van der Waals surface area contributed by atoms with E-state index in [0.29, 0.717) is 33.4 Å². The quantitative estimate of drug-likeness (QED) is 0.0496. The van der Waals surface area contributed by atoms with Gasteiger partial charge in [-0.1, -0.05) is 91.0 Å². The lowest BCUT2D eigenvalue weighted by molar-refractivity contribution is 0.463. The number of nitrogens with zero attached hydrogens (tertiary/aromatic N) is 2. The van der Waals surface area contributed by atoms with Crippen molar-refractivity contribution in [1.29, 1.82) is 0 Å². The summed E-state index contributed by atoms with van der Waals surface area (Å²) < 4.78 is 47.5. The molecule has 8 rings (SSSR count). The molecule has 6 nitrogen and oxygen atoms in total. The highest BCUT2D eigenvalue weighted by molar-refractivity contribution is 7.99. The Morgan fingerprint density at radius 1 is 0.638 bits per heavy atom. The molecule has 1 heterocycles. The summed E-state index contributed by atoms with van der Waals surface area (Å²) in [7, 11) is -4.81. The zero-order valence-electron chi connectivity index (χ0n) is 32.2. The van der Waals surface area contributed by atoms with Crippen molar-refractivity contribution in [1.82, 2.24) is 4.58 Å². The number of hydrogen-bond donors (Lipinski definition) is 0. The number of thioether (sulfide) groups is 2. The Hall–Kier alpha value is -5.58. The van der Waals surface area contributed by atoms with E-state index in [4.69, 9.17) is 4.42 Å². The number of anilines is 2. The number of hydrogen-bond acceptors (Lipinski definition) is 7. The Morgan fingerprint density at radius 2 is 1.28 bits per heavy atom. The smallest absolute Gasteiger partial charge is 0.209 e. The first-order valence-corrected chi connectivity index (χ1v) is 22.5. The summed E-state index contributed by atoms with van der Waals surface area (Å²) in [4.78, 5) is 4.45. The van der Waals surface area contributed by atoms with Crippen molar-refractivity contribution < 1.29 is 17.4 Å². The monoisotopic (exact) mass is 818 g/mol. The van der Waals surface area contributed by atoms with Crippen LogP contribution in [0.5, 0.6) is 0 Å². The second-order valence-electron chi connectivity index (χ2n) is 14.0. The molecule has 0 aromatic heterocycles. The van der Waals surface area contributed by atoms with E-state index in [1.54, 1.807) is 41.7 Å². The van der Waals surface area contributed by atoms with Gasteiger partial charge in [0.1, 0.15) is 21.5 Å². The SMILES string of the molecule is Cc1ccccc1N(CCSc1ccccc1)c1ccc2c(-c3ccccc3S(=O)(=O)[O-])c3ccc(=[N+](CCSc4ccccc4)c4ccccc4C)cc-3oc2c1. The highest BCUT2D eigenvalue weighted by Crippen LogP contribution is 2.43. The van der Waals surface area contributed by atoms with Gasteiger partial charge >= 0.3 is 0 Å². The Bertz CT molecular complexity index is 2860. The van der Waals surface area contributed by atoms with Gasteiger partial charge in [-0.2, -0.15) is 4.58 Å². The maximum Gasteiger partial charge on any atom is 0.209 e. The highest BCUT2D eigenvalue weighted by Gasteiger charge is 2.24. The molecular formula is C49H42N2O4S3. The minimum atomic E-state index is -4.81. The van der Waals surface area contributed by atoms with Crippen LogP contribution in [0.25, 0.3) is 33.4 Å². The molecule has 290 valence electrons. The van der Waals surface area contributed by atoms with Gasteiger partial charge in [-0.05, 0) is 74.0 Å². The van der Waals surface area contributed by atoms with Crippen molar-refractivity contribution in [2.24, 2.45) is 0 Å². The predicted octanol–water partition coefficient (Wildman–Crippen LogP) is 11.6. The standard InChI is InChI=1S/C49H42N2O4S3/c1-35-15-9-12-22-44(35)50(29-31-56-39-17-5-3-6-18-39)37-25-27-41-46(33-37)55-47-34-38(26-28-42(47)49(41)43-21-11-14-24-48(43)58(52,53)54)51(45-23-13-10-16-36(45)2)30-32-57-40-19-7-4-8-20-40/h3-28,33-34H,29-32H2,1-2H3. The van der Waals surface area contributed by atoms with E-state index in [0.717, 1.165) is 58.1 Å². The number of para-hydroxylation sites is 2. The largest absolute Gasteiger partial charge is 0.744 e. The van der Waals surface area contributed by atoms with Gasteiger partial charge in [0, 0.05) is 79.3 Å². The van der Waals surface area contributed by atoms with Crippen molar-refractivity contribution in [3.8, 4) is 22.5 Å². The Balaban J connectivity index is 1.32. The van der Waals surface area contributed by atoms with Crippen molar-refractivity contribution >= 4 is 61.7 Å². The van der Waals surface area contributed by atoms with Gasteiger partial charge in [0.25, 0.3) is 0 Å². The maximum atomic E-state index is 12.8. The second-order valence-corrected chi connectivity index (χ2v) is 17.7. The van der Waals surface area contributed by atoms with Crippen molar-refractivity contribution in [2.45, 2.75) is 28.5 Å². The molecule has 1 aliphatic carbocycles. The normalized spacial score (nSPS) is 12.2. The summed E-state index contributed by atoms with van der Waals surface area (Å²) in [6.07, 6.45) is 0. The highest BCUT2D eigenvalue weighted by atomic mass is 32.2. The van der Waals surface area contributed by atoms with Gasteiger partial charge in [0.15, 0.2) is 6.54 Å². The number of rotatable bonds is 13. The summed E-state index contributed by atoms with van der Waals surface area (Å²) in [5.74, 6) is 2.25. The van der Waals surface area contributed by atoms with Crippen LogP contribution in [0.4, 0.5) is 17.1 Å². The number of aryl methyl sites for hydroxylation is 2. The summed E-state index contributed by atoms with van der Waals surface area (Å²) in [6, 6.07) is 56.1. The minimum Gasteiger partial charge on any atom is -0.744 e. The van der Waals surface area contributed by atoms with Crippen molar-refractivity contribution in [3.05, 3.63) is 186 Å². The molecule has 0 bridgehead atoms. The maximum absolute atomic E-state index is 12.8. The van der Waals surface area contributed by atoms with Gasteiger partial charge in [0.2, 0.25) is 11.0 Å². The van der Waals surface area contributed by atoms with E-state index >= 15 is 0 Å². The molecule has 9 heteroatoms. The first-order chi connectivity index (χ1) is 28.2. The van der Waals surface area contributed by atoms with Crippen molar-refractivity contribution in [3.63, 3.8) is 0 Å². The third kappa shape index (κ3) is 8.63. The predicted molar refractivity (Wildman–Crippen MR) is 240 cm³/mol. The summed E-state index contributed by atoms with van der Waals surface area (Å²) in [6.45, 7) is 5.68. The number of fused-ring (bicyclic) bond motifs is 2. The molecule has 1 aliphatic heterocycles. The van der Waals surface area contributed by atoms with E-state index in [1.807, 2.05) is 48.5 Å². The van der Waals surface area contributed by atoms with Crippen LogP contribution in [-0.4, -0.2) is 37.6 Å². The zero-order chi connectivity index (χ0) is 40.1. The molecule has 0 spiro atoms. The summed E-state index contributed by atoms with van der Waals surface area (Å²) in [5.41, 5.74) is 7.65. The average Bonchev–Trinajstić information content (AvgIpc) is 3.24. The van der Waals surface area contributed by atoms with Crippen LogP contribution >= 0.6 is 23.5 Å². The van der Waals surface area contributed by atoms with E-state index in [1.165, 1.54) is 15.9 Å². The second kappa shape index (κ2) is 17.5. The van der Waals surface area contributed by atoms with Crippen LogP contribution in [0.15, 0.2) is 189 Å². The zero-order valence-corrected chi connectivity index (χ0v) is 34.7. The third-order valence-electron chi connectivity index (χ3n) is 10.2.